The molecule has 0 aliphatic heterocycles. The lowest BCUT2D eigenvalue weighted by Crippen LogP contribution is -2.39. The molecular formula is C15H20FNO4. The monoisotopic (exact) mass is 297 g/mol. The molecule has 21 heavy (non-hydrogen) atoms. The van der Waals surface area contributed by atoms with Crippen LogP contribution >= 0.6 is 0 Å². The lowest BCUT2D eigenvalue weighted by Gasteiger charge is -2.26. The first-order valence-electron chi connectivity index (χ1n) is 6.80. The Hall–Kier alpha value is -2.11. The lowest BCUT2D eigenvalue weighted by atomic mass is 10.2. The van der Waals surface area contributed by atoms with Gasteiger partial charge in [0.2, 0.25) is 5.91 Å². The zero-order valence-corrected chi connectivity index (χ0v) is 12.2. The molecule has 0 heterocycles. The van der Waals surface area contributed by atoms with Gasteiger partial charge in [-0.05, 0) is 26.0 Å². The Bertz CT molecular complexity index is 490. The highest BCUT2D eigenvalue weighted by Gasteiger charge is 2.18. The fraction of sp³-hybridized carbons (Fsp3) is 0.467. The molecule has 5 nitrogen and oxygen atoms in total. The molecule has 0 aromatic heterocycles. The molecule has 0 saturated heterocycles. The van der Waals surface area contributed by atoms with Crippen LogP contribution < -0.4 is 4.74 Å². The summed E-state index contributed by atoms with van der Waals surface area (Å²) in [5, 5.41) is 8.68. The Morgan fingerprint density at radius 1 is 1.29 bits per heavy atom. The maximum absolute atomic E-state index is 13.3. The van der Waals surface area contributed by atoms with Gasteiger partial charge in [0.1, 0.15) is 0 Å². The topological polar surface area (TPSA) is 66.8 Å². The highest BCUT2D eigenvalue weighted by Crippen LogP contribution is 2.15. The quantitative estimate of drug-likeness (QED) is 0.799. The Labute approximate surface area is 123 Å². The standard InChI is InChI=1S/C15H20FNO4/c1-11(2)17(9-7-15(19)20)14(18)8-10-21-13-6-4-3-5-12(13)16/h3-6,11H,7-10H2,1-2H3,(H,19,20). The third-order valence-corrected chi connectivity index (χ3v) is 2.92. The van der Waals surface area contributed by atoms with Gasteiger partial charge in [-0.3, -0.25) is 9.59 Å². The average Bonchev–Trinajstić information content (AvgIpc) is 2.40. The highest BCUT2D eigenvalue weighted by atomic mass is 19.1. The van der Waals surface area contributed by atoms with E-state index in [1.807, 2.05) is 13.8 Å². The van der Waals surface area contributed by atoms with Crippen LogP contribution in [-0.2, 0) is 9.59 Å². The number of benzene rings is 1. The van der Waals surface area contributed by atoms with Crippen LogP contribution in [0.25, 0.3) is 0 Å². The Kier molecular flexibility index (Phi) is 6.65. The van der Waals surface area contributed by atoms with E-state index in [0.717, 1.165) is 0 Å². The van der Waals surface area contributed by atoms with E-state index >= 15 is 0 Å². The van der Waals surface area contributed by atoms with E-state index in [4.69, 9.17) is 9.84 Å². The third-order valence-electron chi connectivity index (χ3n) is 2.92. The van der Waals surface area contributed by atoms with Crippen LogP contribution in [0.3, 0.4) is 0 Å². The van der Waals surface area contributed by atoms with E-state index in [1.165, 1.54) is 17.0 Å². The molecule has 0 bridgehead atoms. The van der Waals surface area contributed by atoms with Gasteiger partial charge in [0, 0.05) is 12.6 Å². The number of hydrogen-bond acceptors (Lipinski definition) is 3. The van der Waals surface area contributed by atoms with Gasteiger partial charge in [-0.1, -0.05) is 12.1 Å². The maximum atomic E-state index is 13.3. The van der Waals surface area contributed by atoms with Crippen LogP contribution in [0.15, 0.2) is 24.3 Å². The Morgan fingerprint density at radius 3 is 2.52 bits per heavy atom. The predicted molar refractivity (Wildman–Crippen MR) is 75.6 cm³/mol. The summed E-state index contributed by atoms with van der Waals surface area (Å²) < 4.78 is 18.5. The summed E-state index contributed by atoms with van der Waals surface area (Å²) in [7, 11) is 0. The van der Waals surface area contributed by atoms with Crippen LogP contribution in [0, 0.1) is 5.82 Å². The van der Waals surface area contributed by atoms with Gasteiger partial charge in [-0.2, -0.15) is 0 Å². The summed E-state index contributed by atoms with van der Waals surface area (Å²) in [6, 6.07) is 5.88. The van der Waals surface area contributed by atoms with Crippen molar-refractivity contribution >= 4 is 11.9 Å². The highest BCUT2D eigenvalue weighted by molar-refractivity contribution is 5.77. The number of amides is 1. The fourth-order valence-corrected chi connectivity index (χ4v) is 1.84. The van der Waals surface area contributed by atoms with Crippen LogP contribution in [0.2, 0.25) is 0 Å². The molecule has 6 heteroatoms. The molecule has 1 N–H and O–H groups in total. The molecule has 0 unspecified atom stereocenters. The average molecular weight is 297 g/mol. The fourth-order valence-electron chi connectivity index (χ4n) is 1.84. The van der Waals surface area contributed by atoms with E-state index in [1.54, 1.807) is 12.1 Å². The molecule has 0 aliphatic rings. The number of hydrogen-bond donors (Lipinski definition) is 1. The second-order valence-electron chi connectivity index (χ2n) is 4.85. The minimum absolute atomic E-state index is 0.0516. The molecule has 1 rings (SSSR count). The summed E-state index contributed by atoms with van der Waals surface area (Å²) in [6.07, 6.45) is -0.0236. The molecule has 0 aliphatic carbocycles. The molecule has 0 saturated carbocycles. The normalized spacial score (nSPS) is 10.5. The van der Waals surface area contributed by atoms with Gasteiger partial charge in [0.25, 0.3) is 0 Å². The SMILES string of the molecule is CC(C)N(CCC(=O)O)C(=O)CCOc1ccccc1F. The number of carbonyl (C=O) groups excluding carboxylic acids is 1. The van der Waals surface area contributed by atoms with Gasteiger partial charge in [0.15, 0.2) is 11.6 Å². The number of carboxylic acid groups (broad SMARTS) is 1. The molecule has 1 aromatic carbocycles. The van der Waals surface area contributed by atoms with Gasteiger partial charge in [0.05, 0.1) is 19.4 Å². The largest absolute Gasteiger partial charge is 0.490 e. The zero-order valence-electron chi connectivity index (χ0n) is 12.2. The number of ether oxygens (including phenoxy) is 1. The van der Waals surface area contributed by atoms with Crippen LogP contribution in [0.5, 0.6) is 5.75 Å². The van der Waals surface area contributed by atoms with Crippen molar-refractivity contribution in [1.29, 1.82) is 0 Å². The second kappa shape index (κ2) is 8.24. The zero-order chi connectivity index (χ0) is 15.8. The van der Waals surface area contributed by atoms with E-state index < -0.39 is 11.8 Å². The Balaban J connectivity index is 2.46. The number of rotatable bonds is 8. The van der Waals surface area contributed by atoms with Gasteiger partial charge >= 0.3 is 5.97 Å². The van der Waals surface area contributed by atoms with E-state index in [-0.39, 0.29) is 43.7 Å². The molecule has 0 spiro atoms. The van der Waals surface area contributed by atoms with Crippen LogP contribution in [-0.4, -0.2) is 41.1 Å². The minimum atomic E-state index is -0.948. The Morgan fingerprint density at radius 2 is 1.95 bits per heavy atom. The van der Waals surface area contributed by atoms with Crippen LogP contribution in [0.4, 0.5) is 4.39 Å². The van der Waals surface area contributed by atoms with Gasteiger partial charge < -0.3 is 14.7 Å². The van der Waals surface area contributed by atoms with Crippen molar-refractivity contribution < 1.29 is 23.8 Å². The molecule has 0 radical (unpaired) electrons. The van der Waals surface area contributed by atoms with E-state index in [0.29, 0.717) is 0 Å². The maximum Gasteiger partial charge on any atom is 0.305 e. The van der Waals surface area contributed by atoms with Gasteiger partial charge in [-0.15, -0.1) is 0 Å². The number of carboxylic acids is 1. The van der Waals surface area contributed by atoms with Crippen LogP contribution in [0.1, 0.15) is 26.7 Å². The van der Waals surface area contributed by atoms with Crippen molar-refractivity contribution in [2.75, 3.05) is 13.2 Å². The summed E-state index contributed by atoms with van der Waals surface area (Å²) in [5.41, 5.74) is 0. The summed E-state index contributed by atoms with van der Waals surface area (Å²) in [5.74, 6) is -1.53. The van der Waals surface area contributed by atoms with Gasteiger partial charge in [-0.25, -0.2) is 4.39 Å². The van der Waals surface area contributed by atoms with Crippen molar-refractivity contribution in [3.63, 3.8) is 0 Å². The molecule has 0 atom stereocenters. The predicted octanol–water partition coefficient (Wildman–Crippen LogP) is 2.31. The molecular weight excluding hydrogens is 277 g/mol. The summed E-state index contributed by atoms with van der Waals surface area (Å²) in [6.45, 7) is 3.84. The number of carbonyl (C=O) groups is 2. The van der Waals surface area contributed by atoms with Crippen molar-refractivity contribution in [3.05, 3.63) is 30.1 Å². The molecule has 1 aromatic rings. The third kappa shape index (κ3) is 5.81. The molecule has 1 amide bonds. The number of halogens is 1. The minimum Gasteiger partial charge on any atom is -0.490 e. The second-order valence-corrected chi connectivity index (χ2v) is 4.85. The van der Waals surface area contributed by atoms with Crippen molar-refractivity contribution in [3.8, 4) is 5.75 Å². The van der Waals surface area contributed by atoms with Crippen molar-refractivity contribution in [2.24, 2.45) is 0 Å². The van der Waals surface area contributed by atoms with E-state index in [9.17, 15) is 14.0 Å². The lowest BCUT2D eigenvalue weighted by molar-refractivity contribution is -0.139. The molecule has 116 valence electrons. The summed E-state index contributed by atoms with van der Waals surface area (Å²) in [4.78, 5) is 24.1. The number of nitrogens with zero attached hydrogens (tertiary/aromatic N) is 1. The first-order chi connectivity index (χ1) is 9.91. The summed E-state index contributed by atoms with van der Waals surface area (Å²) >= 11 is 0. The molecule has 0 fully saturated rings. The number of para-hydroxylation sites is 1. The van der Waals surface area contributed by atoms with Crippen molar-refractivity contribution in [2.45, 2.75) is 32.7 Å². The first-order valence-corrected chi connectivity index (χ1v) is 6.80. The number of aliphatic carboxylic acids is 1. The smallest absolute Gasteiger partial charge is 0.305 e. The van der Waals surface area contributed by atoms with Crippen molar-refractivity contribution in [1.82, 2.24) is 4.90 Å². The van der Waals surface area contributed by atoms with E-state index in [2.05, 4.69) is 0 Å². The first kappa shape index (κ1) is 16.9.